The van der Waals surface area contributed by atoms with E-state index < -0.39 is 53.1 Å². The van der Waals surface area contributed by atoms with Crippen LogP contribution in [-0.4, -0.2) is 29.9 Å². The minimum absolute atomic E-state index is 0.318. The van der Waals surface area contributed by atoms with Crippen molar-refractivity contribution in [1.82, 2.24) is 5.32 Å². The van der Waals surface area contributed by atoms with Crippen LogP contribution in [0.5, 0.6) is 5.75 Å². The van der Waals surface area contributed by atoms with E-state index in [2.05, 4.69) is 26.6 Å². The Hall–Kier alpha value is -3.15. The van der Waals surface area contributed by atoms with Gasteiger partial charge in [-0.25, -0.2) is 0 Å². The lowest BCUT2D eigenvalue weighted by Gasteiger charge is -2.13. The maximum absolute atomic E-state index is 13.0. The minimum Gasteiger partial charge on any atom is -0.483 e. The van der Waals surface area contributed by atoms with E-state index in [0.717, 1.165) is 12.1 Å². The number of amides is 2. The lowest BCUT2D eigenvalue weighted by Crippen LogP contribution is -2.36. The molecule has 12 heteroatoms. The first kappa shape index (κ1) is 22.1. The molecule has 0 bridgehead atoms. The van der Waals surface area contributed by atoms with Gasteiger partial charge >= 0.3 is 6.18 Å². The molecule has 2 N–H and O–H groups in total. The number of nitro benzene ring substituents is 1. The summed E-state index contributed by atoms with van der Waals surface area (Å²) in [6.07, 6.45) is -4.92. The number of ether oxygens (including phenoxy) is 1. The first-order valence-electron chi connectivity index (χ1n) is 7.87. The molecule has 0 radical (unpaired) electrons. The third kappa shape index (κ3) is 6.45. The van der Waals surface area contributed by atoms with Crippen LogP contribution >= 0.6 is 15.9 Å². The molecule has 0 aromatic heterocycles. The lowest BCUT2D eigenvalue weighted by atomic mass is 10.1. The summed E-state index contributed by atoms with van der Waals surface area (Å²) >= 11 is 3.24. The molecular formula is C17H13BrF3N3O5. The number of non-ortho nitro benzene ring substituents is 1. The highest BCUT2D eigenvalue weighted by molar-refractivity contribution is 9.10. The fourth-order valence-corrected chi connectivity index (χ4v) is 2.49. The van der Waals surface area contributed by atoms with Crippen molar-refractivity contribution in [1.29, 1.82) is 0 Å². The van der Waals surface area contributed by atoms with Crippen LogP contribution in [0.3, 0.4) is 0 Å². The number of anilines is 1. The average molecular weight is 476 g/mol. The second kappa shape index (κ2) is 9.37. The average Bonchev–Trinajstić information content (AvgIpc) is 2.65. The molecule has 2 aromatic rings. The number of benzene rings is 2. The SMILES string of the molecule is O=C(COc1ccc([N+](=O)[O-])cc1C(F)(F)F)NCC(=O)Nc1ccccc1Br. The van der Waals surface area contributed by atoms with Gasteiger partial charge in [-0.15, -0.1) is 0 Å². The van der Waals surface area contributed by atoms with Gasteiger partial charge in [0.1, 0.15) is 11.3 Å². The quantitative estimate of drug-likeness (QED) is 0.470. The first-order valence-corrected chi connectivity index (χ1v) is 8.66. The Labute approximate surface area is 170 Å². The Balaban J connectivity index is 1.93. The van der Waals surface area contributed by atoms with Gasteiger partial charge in [0.05, 0.1) is 17.2 Å². The number of hydrogen-bond donors (Lipinski definition) is 2. The Bertz CT molecular complexity index is 937. The highest BCUT2D eigenvalue weighted by atomic mass is 79.9. The van der Waals surface area contributed by atoms with Gasteiger partial charge < -0.3 is 15.4 Å². The number of alkyl halides is 3. The summed E-state index contributed by atoms with van der Waals surface area (Å²) in [7, 11) is 0. The zero-order valence-corrected chi connectivity index (χ0v) is 16.0. The predicted molar refractivity (Wildman–Crippen MR) is 99.4 cm³/mol. The third-order valence-corrected chi connectivity index (χ3v) is 4.12. The summed E-state index contributed by atoms with van der Waals surface area (Å²) in [5.41, 5.74) is -1.67. The molecule has 0 spiro atoms. The van der Waals surface area contributed by atoms with Crippen molar-refractivity contribution >= 4 is 39.1 Å². The van der Waals surface area contributed by atoms with Gasteiger partial charge in [0.2, 0.25) is 5.91 Å². The van der Waals surface area contributed by atoms with Crippen molar-refractivity contribution in [2.24, 2.45) is 0 Å². The standard InChI is InChI=1S/C17H13BrF3N3O5/c18-12-3-1-2-4-13(12)23-15(25)8-22-16(26)9-29-14-6-5-10(24(27)28)7-11(14)17(19,20)21/h1-7H,8-9H2,(H,22,26)(H,23,25). The van der Waals surface area contributed by atoms with Gasteiger partial charge in [-0.3, -0.25) is 19.7 Å². The molecule has 2 amide bonds. The van der Waals surface area contributed by atoms with Crippen LogP contribution in [0.2, 0.25) is 0 Å². The lowest BCUT2D eigenvalue weighted by molar-refractivity contribution is -0.385. The van der Waals surface area contributed by atoms with Crippen LogP contribution in [0, 0.1) is 10.1 Å². The summed E-state index contributed by atoms with van der Waals surface area (Å²) < 4.78 is 44.6. The maximum Gasteiger partial charge on any atom is 0.420 e. The van der Waals surface area contributed by atoms with E-state index in [1.165, 1.54) is 0 Å². The van der Waals surface area contributed by atoms with Crippen molar-refractivity contribution in [3.8, 4) is 5.75 Å². The Morgan fingerprint density at radius 1 is 1.14 bits per heavy atom. The van der Waals surface area contributed by atoms with Crippen LogP contribution in [-0.2, 0) is 15.8 Å². The fourth-order valence-electron chi connectivity index (χ4n) is 2.11. The normalized spacial score (nSPS) is 10.9. The first-order chi connectivity index (χ1) is 13.6. The van der Waals surface area contributed by atoms with Crippen molar-refractivity contribution in [2.75, 3.05) is 18.5 Å². The van der Waals surface area contributed by atoms with Gasteiger partial charge in [-0.1, -0.05) is 12.1 Å². The van der Waals surface area contributed by atoms with Gasteiger partial charge in [-0.05, 0) is 34.1 Å². The van der Waals surface area contributed by atoms with E-state index in [1.807, 2.05) is 0 Å². The van der Waals surface area contributed by atoms with Crippen molar-refractivity contribution in [3.05, 3.63) is 62.6 Å². The molecule has 0 aliphatic carbocycles. The topological polar surface area (TPSA) is 111 Å². The summed E-state index contributed by atoms with van der Waals surface area (Å²) in [5.74, 6) is -2.15. The third-order valence-electron chi connectivity index (χ3n) is 3.43. The van der Waals surface area contributed by atoms with E-state index >= 15 is 0 Å². The van der Waals surface area contributed by atoms with Gasteiger partial charge in [0.15, 0.2) is 6.61 Å². The van der Waals surface area contributed by atoms with Crippen molar-refractivity contribution in [3.63, 3.8) is 0 Å². The molecule has 0 aliphatic heterocycles. The van der Waals surface area contributed by atoms with Gasteiger partial charge in [-0.2, -0.15) is 13.2 Å². The number of para-hydroxylation sites is 1. The number of nitro groups is 1. The molecule has 0 atom stereocenters. The van der Waals surface area contributed by atoms with Gasteiger partial charge in [0, 0.05) is 16.6 Å². The van der Waals surface area contributed by atoms with Crippen LogP contribution in [0.1, 0.15) is 5.56 Å². The van der Waals surface area contributed by atoms with E-state index in [4.69, 9.17) is 4.74 Å². The fraction of sp³-hybridized carbons (Fsp3) is 0.176. The van der Waals surface area contributed by atoms with E-state index in [9.17, 15) is 32.9 Å². The second-order valence-corrected chi connectivity index (χ2v) is 6.38. The monoisotopic (exact) mass is 475 g/mol. The largest absolute Gasteiger partial charge is 0.483 e. The van der Waals surface area contributed by atoms with Crippen LogP contribution < -0.4 is 15.4 Å². The smallest absolute Gasteiger partial charge is 0.420 e. The molecule has 0 aliphatic rings. The van der Waals surface area contributed by atoms with E-state index in [-0.39, 0.29) is 0 Å². The van der Waals surface area contributed by atoms with Crippen LogP contribution in [0.25, 0.3) is 0 Å². The predicted octanol–water partition coefficient (Wildman–Crippen LogP) is 3.51. The van der Waals surface area contributed by atoms with Crippen molar-refractivity contribution < 1.29 is 32.4 Å². The number of hydrogen-bond acceptors (Lipinski definition) is 5. The molecule has 29 heavy (non-hydrogen) atoms. The zero-order chi connectivity index (χ0) is 21.6. The molecule has 0 unspecified atom stereocenters. The van der Waals surface area contributed by atoms with Gasteiger partial charge in [0.25, 0.3) is 11.6 Å². The molecule has 0 heterocycles. The number of nitrogens with one attached hydrogen (secondary N) is 2. The second-order valence-electron chi connectivity index (χ2n) is 5.53. The summed E-state index contributed by atoms with van der Waals surface area (Å²) in [6, 6.07) is 8.66. The molecule has 2 rings (SSSR count). The highest BCUT2D eigenvalue weighted by Crippen LogP contribution is 2.38. The Morgan fingerprint density at radius 2 is 1.83 bits per heavy atom. The van der Waals surface area contributed by atoms with Crippen LogP contribution in [0.4, 0.5) is 24.5 Å². The number of rotatable bonds is 7. The molecular weight excluding hydrogens is 463 g/mol. The molecule has 154 valence electrons. The van der Waals surface area contributed by atoms with Crippen LogP contribution in [0.15, 0.2) is 46.9 Å². The molecule has 0 saturated carbocycles. The number of carbonyl (C=O) groups excluding carboxylic acids is 2. The maximum atomic E-state index is 13.0. The molecule has 8 nitrogen and oxygen atoms in total. The minimum atomic E-state index is -4.92. The number of halogens is 4. The van der Waals surface area contributed by atoms with Crippen molar-refractivity contribution in [2.45, 2.75) is 6.18 Å². The highest BCUT2D eigenvalue weighted by Gasteiger charge is 2.36. The summed E-state index contributed by atoms with van der Waals surface area (Å²) in [5, 5.41) is 15.4. The Kier molecular flexibility index (Phi) is 7.15. The molecule has 0 fully saturated rings. The Morgan fingerprint density at radius 3 is 2.45 bits per heavy atom. The van der Waals surface area contributed by atoms with E-state index in [1.54, 1.807) is 24.3 Å². The summed E-state index contributed by atoms with van der Waals surface area (Å²) in [4.78, 5) is 33.3. The molecule has 2 aromatic carbocycles. The molecule has 0 saturated heterocycles. The number of carbonyl (C=O) groups is 2. The van der Waals surface area contributed by atoms with E-state index in [0.29, 0.717) is 16.2 Å². The number of nitrogens with zero attached hydrogens (tertiary/aromatic N) is 1. The summed E-state index contributed by atoms with van der Waals surface area (Å²) in [6.45, 7) is -1.25. The zero-order valence-electron chi connectivity index (χ0n) is 14.5.